The first-order chi connectivity index (χ1) is 12.2. The first-order valence-electron chi connectivity index (χ1n) is 9.33. The van der Waals surface area contributed by atoms with Crippen LogP contribution >= 0.6 is 34.4 Å². The summed E-state index contributed by atoms with van der Waals surface area (Å²) < 4.78 is 1.11. The number of thioether (sulfide) groups is 1. The summed E-state index contributed by atoms with van der Waals surface area (Å²) in [6.45, 7) is 4.08. The lowest BCUT2D eigenvalue weighted by molar-refractivity contribution is -0.138. The molecule has 0 heterocycles. The van der Waals surface area contributed by atoms with Gasteiger partial charge in [0, 0.05) is 21.7 Å². The van der Waals surface area contributed by atoms with Gasteiger partial charge in [-0.3, -0.25) is 4.79 Å². The van der Waals surface area contributed by atoms with Crippen molar-refractivity contribution in [2.45, 2.75) is 37.0 Å². The SMILES string of the molecule is C=CC[C@@]12[C@@H]3CC=C(Sc4ccccc4)[C@@H]1CC[C@@H]2[C@@H](CI)CC3=O. The first-order valence-corrected chi connectivity index (χ1v) is 11.7. The van der Waals surface area contributed by atoms with Gasteiger partial charge in [-0.25, -0.2) is 0 Å². The maximum absolute atomic E-state index is 13.0. The predicted octanol–water partition coefficient (Wildman–Crippen LogP) is 6.30. The van der Waals surface area contributed by atoms with Crippen LogP contribution in [0.3, 0.4) is 0 Å². The highest BCUT2D eigenvalue weighted by Gasteiger charge is 2.62. The van der Waals surface area contributed by atoms with E-state index in [-0.39, 0.29) is 11.3 Å². The zero-order valence-electron chi connectivity index (χ0n) is 14.5. The molecule has 0 aliphatic heterocycles. The Hall–Kier alpha value is -0.550. The number of hydrogen-bond donors (Lipinski definition) is 0. The number of ketones is 1. The fourth-order valence-electron chi connectivity index (χ4n) is 5.88. The van der Waals surface area contributed by atoms with E-state index in [2.05, 4.69) is 71.7 Å². The number of carbonyl (C=O) groups is 1. The lowest BCUT2D eigenvalue weighted by atomic mass is 9.51. The Balaban J connectivity index is 1.73. The summed E-state index contributed by atoms with van der Waals surface area (Å²) in [5.41, 5.74) is 0.138. The summed E-state index contributed by atoms with van der Waals surface area (Å²) in [7, 11) is 0. The van der Waals surface area contributed by atoms with Crippen LogP contribution in [-0.2, 0) is 4.79 Å². The molecule has 2 saturated carbocycles. The number of benzene rings is 1. The van der Waals surface area contributed by atoms with Crippen LogP contribution in [0.15, 0.2) is 58.9 Å². The van der Waals surface area contributed by atoms with Gasteiger partial charge in [0.05, 0.1) is 0 Å². The van der Waals surface area contributed by atoms with Crippen LogP contribution in [-0.4, -0.2) is 10.2 Å². The van der Waals surface area contributed by atoms with Gasteiger partial charge in [0.1, 0.15) is 5.78 Å². The highest BCUT2D eigenvalue weighted by molar-refractivity contribution is 14.1. The number of hydrogen-bond acceptors (Lipinski definition) is 2. The fourth-order valence-corrected chi connectivity index (χ4v) is 8.03. The molecule has 25 heavy (non-hydrogen) atoms. The Labute approximate surface area is 168 Å². The van der Waals surface area contributed by atoms with Gasteiger partial charge >= 0.3 is 0 Å². The molecule has 0 saturated heterocycles. The zero-order chi connectivity index (χ0) is 17.4. The van der Waals surface area contributed by atoms with Gasteiger partial charge in [0.25, 0.3) is 0 Å². The molecule has 1 aromatic rings. The quantitative estimate of drug-likeness (QED) is 0.289. The molecule has 0 bridgehead atoms. The van der Waals surface area contributed by atoms with Crippen LogP contribution < -0.4 is 0 Å². The summed E-state index contributed by atoms with van der Waals surface area (Å²) in [4.78, 5) is 15.8. The fraction of sp³-hybridized carbons (Fsp3) is 0.500. The number of carbonyl (C=O) groups excluding carboxylic acids is 1. The Morgan fingerprint density at radius 3 is 2.76 bits per heavy atom. The standard InChI is InChI=1S/C22H25IOS/c1-2-12-22-17-8-9-19(22)21(25-16-6-4-3-5-7-16)11-10-18(22)20(24)13-15(17)14-23/h2-7,11,15,17-19H,1,8-10,12-14H2/t15-,17-,18-,19+,22-/m1/s1. The Kier molecular flexibility index (Phi) is 5.16. The Morgan fingerprint density at radius 2 is 2.04 bits per heavy atom. The molecule has 1 nitrogen and oxygen atoms in total. The molecule has 5 atom stereocenters. The van der Waals surface area contributed by atoms with Gasteiger partial charge in [0.15, 0.2) is 0 Å². The predicted molar refractivity (Wildman–Crippen MR) is 114 cm³/mol. The molecule has 4 rings (SSSR count). The summed E-state index contributed by atoms with van der Waals surface area (Å²) in [6.07, 6.45) is 9.74. The van der Waals surface area contributed by atoms with E-state index in [4.69, 9.17) is 0 Å². The lowest BCUT2D eigenvalue weighted by Crippen LogP contribution is -2.52. The third kappa shape index (κ3) is 2.86. The minimum absolute atomic E-state index is 0.138. The molecule has 0 aromatic heterocycles. The van der Waals surface area contributed by atoms with Crippen molar-refractivity contribution in [2.24, 2.45) is 29.1 Å². The second-order valence-corrected chi connectivity index (χ2v) is 9.76. The van der Waals surface area contributed by atoms with Crippen molar-refractivity contribution in [1.82, 2.24) is 0 Å². The number of halogens is 1. The third-order valence-electron chi connectivity index (χ3n) is 6.75. The molecule has 3 heteroatoms. The summed E-state index contributed by atoms with van der Waals surface area (Å²) in [6, 6.07) is 10.7. The number of rotatable bonds is 5. The number of allylic oxidation sites excluding steroid dienone is 3. The van der Waals surface area contributed by atoms with Gasteiger partial charge in [-0.2, -0.15) is 0 Å². The second-order valence-electron chi connectivity index (χ2n) is 7.74. The van der Waals surface area contributed by atoms with Crippen LogP contribution in [0, 0.1) is 29.1 Å². The summed E-state index contributed by atoms with van der Waals surface area (Å²) in [5.74, 6) is 2.54. The maximum Gasteiger partial charge on any atom is 0.137 e. The second kappa shape index (κ2) is 7.22. The minimum atomic E-state index is 0.138. The number of Topliss-reactive ketones (excluding diaryl/α,β-unsaturated/α-hetero) is 1. The molecule has 0 amide bonds. The van der Waals surface area contributed by atoms with Crippen LogP contribution in [0.1, 0.15) is 32.1 Å². The van der Waals surface area contributed by atoms with Gasteiger partial charge in [0.2, 0.25) is 0 Å². The first kappa shape index (κ1) is 17.8. The molecule has 0 N–H and O–H groups in total. The largest absolute Gasteiger partial charge is 0.299 e. The molecule has 3 aliphatic rings. The molecule has 3 aliphatic carbocycles. The Morgan fingerprint density at radius 1 is 1.24 bits per heavy atom. The van der Waals surface area contributed by atoms with E-state index in [0.717, 1.165) is 23.7 Å². The third-order valence-corrected chi connectivity index (χ3v) is 9.07. The van der Waals surface area contributed by atoms with Crippen molar-refractivity contribution >= 4 is 40.1 Å². The molecule has 1 aromatic carbocycles. The molecular formula is C22H25IOS. The van der Waals surface area contributed by atoms with Crippen LogP contribution in [0.5, 0.6) is 0 Å². The van der Waals surface area contributed by atoms with Crippen LogP contribution in [0.2, 0.25) is 0 Å². The summed E-state index contributed by atoms with van der Waals surface area (Å²) >= 11 is 4.43. The van der Waals surface area contributed by atoms with Crippen molar-refractivity contribution in [3.63, 3.8) is 0 Å². The summed E-state index contributed by atoms with van der Waals surface area (Å²) in [5, 5.41) is 0. The van der Waals surface area contributed by atoms with Crippen molar-refractivity contribution in [3.8, 4) is 0 Å². The van der Waals surface area contributed by atoms with Gasteiger partial charge in [-0.05, 0) is 65.9 Å². The lowest BCUT2D eigenvalue weighted by Gasteiger charge is -2.53. The van der Waals surface area contributed by atoms with E-state index >= 15 is 0 Å². The maximum atomic E-state index is 13.0. The molecule has 0 unspecified atom stereocenters. The minimum Gasteiger partial charge on any atom is -0.299 e. The molecule has 132 valence electrons. The normalized spacial score (nSPS) is 36.7. The van der Waals surface area contributed by atoms with E-state index in [0.29, 0.717) is 23.5 Å². The topological polar surface area (TPSA) is 17.1 Å². The van der Waals surface area contributed by atoms with E-state index < -0.39 is 0 Å². The average Bonchev–Trinajstić information content (AvgIpc) is 3.01. The van der Waals surface area contributed by atoms with E-state index in [1.165, 1.54) is 22.6 Å². The molecule has 0 radical (unpaired) electrons. The van der Waals surface area contributed by atoms with E-state index in [1.54, 1.807) is 0 Å². The molecule has 0 spiro atoms. The van der Waals surface area contributed by atoms with E-state index in [9.17, 15) is 4.79 Å². The van der Waals surface area contributed by atoms with Crippen LogP contribution in [0.4, 0.5) is 0 Å². The Bertz CT molecular complexity index is 697. The van der Waals surface area contributed by atoms with Crippen molar-refractivity contribution in [2.75, 3.05) is 4.43 Å². The van der Waals surface area contributed by atoms with Gasteiger partial charge < -0.3 is 0 Å². The van der Waals surface area contributed by atoms with Crippen molar-refractivity contribution in [1.29, 1.82) is 0 Å². The smallest absolute Gasteiger partial charge is 0.137 e. The number of alkyl halides is 1. The van der Waals surface area contributed by atoms with Gasteiger partial charge in [-0.1, -0.05) is 64.7 Å². The zero-order valence-corrected chi connectivity index (χ0v) is 17.5. The highest BCUT2D eigenvalue weighted by atomic mass is 127. The molecule has 2 fully saturated rings. The van der Waals surface area contributed by atoms with Crippen molar-refractivity contribution < 1.29 is 4.79 Å². The van der Waals surface area contributed by atoms with Crippen LogP contribution in [0.25, 0.3) is 0 Å². The average molecular weight is 464 g/mol. The van der Waals surface area contributed by atoms with Crippen molar-refractivity contribution in [3.05, 3.63) is 54.0 Å². The van der Waals surface area contributed by atoms with E-state index in [1.807, 2.05) is 11.8 Å². The van der Waals surface area contributed by atoms with Gasteiger partial charge in [-0.15, -0.1) is 6.58 Å². The highest BCUT2D eigenvalue weighted by Crippen LogP contribution is 2.67. The molecular weight excluding hydrogens is 439 g/mol. The monoisotopic (exact) mass is 464 g/mol.